The molecule has 2 aromatic rings. The smallest absolute Gasteiger partial charge is 0.409 e. The van der Waals surface area contributed by atoms with Gasteiger partial charge in [-0.05, 0) is 19.4 Å². The molecule has 1 saturated heterocycles. The van der Waals surface area contributed by atoms with Gasteiger partial charge in [0.1, 0.15) is 0 Å². The van der Waals surface area contributed by atoms with Crippen LogP contribution in [0.4, 0.5) is 10.7 Å². The molecule has 1 aromatic carbocycles. The van der Waals surface area contributed by atoms with E-state index in [9.17, 15) is 9.59 Å². The highest BCUT2D eigenvalue weighted by molar-refractivity contribution is 5.93. The molecule has 1 N–H and O–H groups in total. The van der Waals surface area contributed by atoms with E-state index in [0.717, 1.165) is 5.56 Å². The van der Waals surface area contributed by atoms with Crippen molar-refractivity contribution in [3.05, 3.63) is 53.3 Å². The van der Waals surface area contributed by atoms with E-state index in [0.29, 0.717) is 50.8 Å². The number of carbonyl (C=O) groups excluding carboxylic acids is 2. The Kier molecular flexibility index (Phi) is 6.41. The van der Waals surface area contributed by atoms with Crippen molar-refractivity contribution in [2.45, 2.75) is 20.4 Å². The van der Waals surface area contributed by atoms with Gasteiger partial charge < -0.3 is 19.9 Å². The molecule has 2 heterocycles. The van der Waals surface area contributed by atoms with Gasteiger partial charge in [-0.1, -0.05) is 29.8 Å². The average molecular weight is 383 g/mol. The lowest BCUT2D eigenvalue weighted by Crippen LogP contribution is -2.50. The quantitative estimate of drug-likeness (QED) is 0.853. The Balaban J connectivity index is 1.52. The third kappa shape index (κ3) is 4.97. The molecule has 1 aliphatic heterocycles. The topological polar surface area (TPSA) is 87.7 Å². The molecule has 2 amide bonds. The van der Waals surface area contributed by atoms with Crippen molar-refractivity contribution in [2.75, 3.05) is 38.1 Å². The molecule has 0 bridgehead atoms. The first kappa shape index (κ1) is 19.6. The number of nitrogens with one attached hydrogen (secondary N) is 1. The van der Waals surface area contributed by atoms with Gasteiger partial charge in [-0.15, -0.1) is 0 Å². The number of nitrogens with zero attached hydrogens (tertiary/aromatic N) is 4. The van der Waals surface area contributed by atoms with Crippen LogP contribution in [-0.4, -0.2) is 64.6 Å². The molecule has 0 atom stereocenters. The number of anilines is 1. The molecule has 8 nitrogen and oxygen atoms in total. The van der Waals surface area contributed by atoms with Crippen LogP contribution in [-0.2, 0) is 11.3 Å². The molecule has 1 aromatic heterocycles. The van der Waals surface area contributed by atoms with E-state index in [1.807, 2.05) is 25.1 Å². The highest BCUT2D eigenvalue weighted by Gasteiger charge is 2.25. The van der Waals surface area contributed by atoms with Crippen LogP contribution >= 0.6 is 0 Å². The van der Waals surface area contributed by atoms with Crippen LogP contribution in [0.15, 0.2) is 36.7 Å². The summed E-state index contributed by atoms with van der Waals surface area (Å²) in [5, 5.41) is 3.16. The predicted molar refractivity (Wildman–Crippen MR) is 105 cm³/mol. The zero-order valence-corrected chi connectivity index (χ0v) is 16.2. The molecular weight excluding hydrogens is 358 g/mol. The van der Waals surface area contributed by atoms with Gasteiger partial charge in [-0.2, -0.15) is 0 Å². The molecule has 148 valence electrons. The maximum absolute atomic E-state index is 12.6. The summed E-state index contributed by atoms with van der Waals surface area (Å²) >= 11 is 0. The van der Waals surface area contributed by atoms with Gasteiger partial charge >= 0.3 is 6.09 Å². The summed E-state index contributed by atoms with van der Waals surface area (Å²) in [4.78, 5) is 36.2. The fourth-order valence-corrected chi connectivity index (χ4v) is 3.02. The van der Waals surface area contributed by atoms with Gasteiger partial charge in [0.05, 0.1) is 12.2 Å². The lowest BCUT2D eigenvalue weighted by molar-refractivity contribution is 0.0570. The Bertz CT molecular complexity index is 817. The molecular formula is C20H25N5O3. The molecule has 0 aliphatic carbocycles. The van der Waals surface area contributed by atoms with Crippen molar-refractivity contribution < 1.29 is 14.3 Å². The molecule has 28 heavy (non-hydrogen) atoms. The summed E-state index contributed by atoms with van der Waals surface area (Å²) in [5.41, 5.74) is 2.78. The van der Waals surface area contributed by atoms with E-state index in [4.69, 9.17) is 4.74 Å². The number of benzene rings is 1. The van der Waals surface area contributed by atoms with Gasteiger partial charge in [-0.3, -0.25) is 4.79 Å². The van der Waals surface area contributed by atoms with Crippen LogP contribution in [0.5, 0.6) is 0 Å². The highest BCUT2D eigenvalue weighted by atomic mass is 16.6. The first-order valence-corrected chi connectivity index (χ1v) is 9.39. The second kappa shape index (κ2) is 9.16. The number of hydrogen-bond acceptors (Lipinski definition) is 6. The number of hydrogen-bond donors (Lipinski definition) is 1. The van der Waals surface area contributed by atoms with Gasteiger partial charge in [0.25, 0.3) is 5.91 Å². The third-order valence-corrected chi connectivity index (χ3v) is 4.52. The van der Waals surface area contributed by atoms with Crippen molar-refractivity contribution in [3.8, 4) is 0 Å². The standard InChI is InChI=1S/C20H25N5O3/c1-3-28-20(27)25-9-7-24(8-10-25)18(26)17-13-22-19(23-14-17)21-12-16-6-4-5-15(2)11-16/h4-6,11,13-14H,3,7-10,12H2,1-2H3,(H,21,22,23). The molecule has 0 unspecified atom stereocenters. The second-order valence-corrected chi connectivity index (χ2v) is 6.62. The lowest BCUT2D eigenvalue weighted by Gasteiger charge is -2.33. The maximum atomic E-state index is 12.6. The van der Waals surface area contributed by atoms with Crippen LogP contribution in [0.2, 0.25) is 0 Å². The summed E-state index contributed by atoms with van der Waals surface area (Å²) < 4.78 is 4.99. The fraction of sp³-hybridized carbons (Fsp3) is 0.400. The van der Waals surface area contributed by atoms with Crippen LogP contribution < -0.4 is 5.32 Å². The van der Waals surface area contributed by atoms with Crippen molar-refractivity contribution in [3.63, 3.8) is 0 Å². The summed E-state index contributed by atoms with van der Waals surface area (Å²) in [6, 6.07) is 8.19. The first-order chi connectivity index (χ1) is 13.6. The number of piperazine rings is 1. The largest absolute Gasteiger partial charge is 0.450 e. The Morgan fingerprint density at radius 3 is 2.43 bits per heavy atom. The van der Waals surface area contributed by atoms with Gasteiger partial charge in [0.15, 0.2) is 0 Å². The second-order valence-electron chi connectivity index (χ2n) is 6.62. The van der Waals surface area contributed by atoms with Crippen molar-refractivity contribution in [1.82, 2.24) is 19.8 Å². The van der Waals surface area contributed by atoms with Crippen molar-refractivity contribution in [2.24, 2.45) is 0 Å². The summed E-state index contributed by atoms with van der Waals surface area (Å²) in [6.07, 6.45) is 2.74. The SMILES string of the molecule is CCOC(=O)N1CCN(C(=O)c2cnc(NCc3cccc(C)c3)nc2)CC1. The Morgan fingerprint density at radius 2 is 1.79 bits per heavy atom. The van der Waals surface area contributed by atoms with Crippen molar-refractivity contribution >= 4 is 17.9 Å². The van der Waals surface area contributed by atoms with E-state index in [1.165, 1.54) is 18.0 Å². The Labute approximate surface area is 164 Å². The van der Waals surface area contributed by atoms with E-state index in [-0.39, 0.29) is 12.0 Å². The van der Waals surface area contributed by atoms with Crippen LogP contribution in [0.25, 0.3) is 0 Å². The molecule has 0 spiro atoms. The summed E-state index contributed by atoms with van der Waals surface area (Å²) in [6.45, 7) is 6.63. The van der Waals surface area contributed by atoms with E-state index < -0.39 is 0 Å². The zero-order valence-electron chi connectivity index (χ0n) is 16.2. The summed E-state index contributed by atoms with van der Waals surface area (Å²) in [5.74, 6) is 0.346. The van der Waals surface area contributed by atoms with Gasteiger partial charge in [-0.25, -0.2) is 14.8 Å². The van der Waals surface area contributed by atoms with E-state index >= 15 is 0 Å². The molecule has 8 heteroatoms. The number of aromatic nitrogens is 2. The number of rotatable bonds is 5. The monoisotopic (exact) mass is 383 g/mol. The summed E-state index contributed by atoms with van der Waals surface area (Å²) in [7, 11) is 0. The van der Waals surface area contributed by atoms with Gasteiger partial charge in [0, 0.05) is 45.1 Å². The number of carbonyl (C=O) groups is 2. The van der Waals surface area contributed by atoms with Crippen LogP contribution in [0, 0.1) is 6.92 Å². The van der Waals surface area contributed by atoms with E-state index in [2.05, 4.69) is 21.4 Å². The molecule has 1 fully saturated rings. The van der Waals surface area contributed by atoms with Gasteiger partial charge in [0.2, 0.25) is 5.95 Å². The minimum Gasteiger partial charge on any atom is -0.450 e. The van der Waals surface area contributed by atoms with Crippen LogP contribution in [0.3, 0.4) is 0 Å². The zero-order chi connectivity index (χ0) is 19.9. The number of amides is 2. The minimum absolute atomic E-state index is 0.131. The normalized spacial score (nSPS) is 13.9. The Morgan fingerprint density at radius 1 is 1.11 bits per heavy atom. The van der Waals surface area contributed by atoms with E-state index in [1.54, 1.807) is 16.7 Å². The molecule has 0 radical (unpaired) electrons. The minimum atomic E-state index is -0.332. The number of aryl methyl sites for hydroxylation is 1. The van der Waals surface area contributed by atoms with Crippen LogP contribution in [0.1, 0.15) is 28.4 Å². The molecule has 0 saturated carbocycles. The van der Waals surface area contributed by atoms with Crippen molar-refractivity contribution in [1.29, 1.82) is 0 Å². The fourth-order valence-electron chi connectivity index (χ4n) is 3.02. The first-order valence-electron chi connectivity index (χ1n) is 9.39. The highest BCUT2D eigenvalue weighted by Crippen LogP contribution is 2.11. The maximum Gasteiger partial charge on any atom is 0.409 e. The number of ether oxygens (including phenoxy) is 1. The lowest BCUT2D eigenvalue weighted by atomic mass is 10.1. The molecule has 3 rings (SSSR count). The average Bonchev–Trinajstić information content (AvgIpc) is 2.72. The third-order valence-electron chi connectivity index (χ3n) is 4.52. The predicted octanol–water partition coefficient (Wildman–Crippen LogP) is 2.31. The Hall–Kier alpha value is -3.16. The molecule has 1 aliphatic rings.